The van der Waals surface area contributed by atoms with Crippen molar-refractivity contribution < 1.29 is 18.7 Å². The number of nitrogens with zero attached hydrogens (tertiary/aromatic N) is 2. The summed E-state index contributed by atoms with van der Waals surface area (Å²) in [7, 11) is 1.70. The molecule has 0 spiro atoms. The number of piperazine rings is 1. The first-order valence-corrected chi connectivity index (χ1v) is 14.5. The van der Waals surface area contributed by atoms with Crippen molar-refractivity contribution in [1.29, 1.82) is 0 Å². The normalized spacial score (nSPS) is 21.9. The van der Waals surface area contributed by atoms with Crippen molar-refractivity contribution >= 4 is 11.8 Å². The van der Waals surface area contributed by atoms with Crippen molar-refractivity contribution in [3.63, 3.8) is 0 Å². The second kappa shape index (κ2) is 12.9. The number of rotatable bonds is 12. The van der Waals surface area contributed by atoms with Gasteiger partial charge in [0.15, 0.2) is 0 Å². The Hall–Kier alpha value is -2.93. The van der Waals surface area contributed by atoms with Crippen LogP contribution in [0.25, 0.3) is 0 Å². The van der Waals surface area contributed by atoms with Gasteiger partial charge in [0, 0.05) is 31.7 Å². The summed E-state index contributed by atoms with van der Waals surface area (Å²) >= 11 is 0. The molecule has 0 radical (unpaired) electrons. The van der Waals surface area contributed by atoms with Gasteiger partial charge in [0.05, 0.1) is 7.11 Å². The van der Waals surface area contributed by atoms with Crippen molar-refractivity contribution in [3.05, 3.63) is 65.0 Å². The monoisotopic (exact) mass is 537 g/mol. The Morgan fingerprint density at radius 1 is 1.08 bits per heavy atom. The van der Waals surface area contributed by atoms with Crippen LogP contribution in [0.4, 0.5) is 4.39 Å². The van der Waals surface area contributed by atoms with Crippen molar-refractivity contribution in [2.45, 2.75) is 71.3 Å². The molecule has 4 rings (SSSR count). The first kappa shape index (κ1) is 29.1. The Bertz CT molecular complexity index is 1130. The number of aryl methyl sites for hydroxylation is 1. The first-order valence-electron chi connectivity index (χ1n) is 14.5. The summed E-state index contributed by atoms with van der Waals surface area (Å²) in [5.41, 5.74) is 3.41. The Morgan fingerprint density at radius 2 is 1.79 bits per heavy atom. The maximum atomic E-state index is 13.4. The number of amides is 2. The minimum atomic E-state index is -0.568. The molecule has 1 saturated heterocycles. The van der Waals surface area contributed by atoms with E-state index in [1.807, 2.05) is 4.90 Å². The third-order valence-electron chi connectivity index (χ3n) is 8.79. The Labute approximate surface area is 232 Å². The predicted molar refractivity (Wildman–Crippen MR) is 153 cm³/mol. The fourth-order valence-electron chi connectivity index (χ4n) is 5.99. The van der Waals surface area contributed by atoms with E-state index in [1.165, 1.54) is 41.8 Å². The lowest BCUT2D eigenvalue weighted by Gasteiger charge is -2.36. The highest BCUT2D eigenvalue weighted by Gasteiger charge is 2.50. The zero-order chi connectivity index (χ0) is 28.0. The second-order valence-corrected chi connectivity index (χ2v) is 11.5. The Morgan fingerprint density at radius 3 is 2.44 bits per heavy atom. The summed E-state index contributed by atoms with van der Waals surface area (Å²) in [6.45, 7) is 10.7. The van der Waals surface area contributed by atoms with Crippen LogP contribution in [0.1, 0.15) is 79.8 Å². The molecule has 1 heterocycles. The van der Waals surface area contributed by atoms with Crippen molar-refractivity contribution in [3.8, 4) is 5.75 Å². The third kappa shape index (κ3) is 7.38. The SMILES string of the molecule is CCN1CCN(C(=O)[C@H](CCCCCC2(C)C[C@H]2c2ccc(OC)cc2C)NC(=O)c2ccc(F)cc2)CC1. The number of carbonyl (C=O) groups excluding carboxylic acids is 2. The van der Waals surface area contributed by atoms with E-state index in [9.17, 15) is 14.0 Å². The van der Waals surface area contributed by atoms with Crippen LogP contribution in [0, 0.1) is 18.2 Å². The lowest BCUT2D eigenvalue weighted by Crippen LogP contribution is -2.54. The van der Waals surface area contributed by atoms with Gasteiger partial charge in [-0.3, -0.25) is 9.59 Å². The van der Waals surface area contributed by atoms with Crippen LogP contribution < -0.4 is 10.1 Å². The quantitative estimate of drug-likeness (QED) is 0.361. The molecule has 0 bridgehead atoms. The van der Waals surface area contributed by atoms with Gasteiger partial charge >= 0.3 is 0 Å². The molecule has 1 unspecified atom stereocenters. The minimum Gasteiger partial charge on any atom is -0.497 e. The van der Waals surface area contributed by atoms with Crippen LogP contribution in [-0.2, 0) is 4.79 Å². The van der Waals surface area contributed by atoms with Crippen LogP contribution in [0.5, 0.6) is 5.75 Å². The van der Waals surface area contributed by atoms with Crippen LogP contribution >= 0.6 is 0 Å². The average Bonchev–Trinajstić information content (AvgIpc) is 3.62. The standard InChI is InChI=1S/C32H44FN3O3/c1-5-35-17-19-36(20-18-35)31(38)29(34-30(37)24-10-12-25(33)13-11-24)9-7-6-8-16-32(3)22-28(32)27-15-14-26(39-4)21-23(27)2/h10-15,21,28-29H,5-9,16-20,22H2,1-4H3,(H,34,37)/t28-,29-,32?/m0/s1. The molecule has 39 heavy (non-hydrogen) atoms. The number of hydrogen-bond donors (Lipinski definition) is 1. The first-order chi connectivity index (χ1) is 18.7. The highest BCUT2D eigenvalue weighted by atomic mass is 19.1. The molecule has 2 aromatic rings. The molecular weight excluding hydrogens is 493 g/mol. The van der Waals surface area contributed by atoms with Crippen LogP contribution in [-0.4, -0.2) is 67.5 Å². The number of unbranched alkanes of at least 4 members (excludes halogenated alkanes) is 2. The number of hydrogen-bond acceptors (Lipinski definition) is 4. The summed E-state index contributed by atoms with van der Waals surface area (Å²) in [5.74, 6) is 0.770. The molecule has 7 heteroatoms. The van der Waals surface area contributed by atoms with Gasteiger partial charge < -0.3 is 19.9 Å². The van der Waals surface area contributed by atoms with Gasteiger partial charge in [-0.05, 0) is 91.6 Å². The zero-order valence-electron chi connectivity index (χ0n) is 24.0. The van der Waals surface area contributed by atoms with Gasteiger partial charge in [-0.2, -0.15) is 0 Å². The maximum absolute atomic E-state index is 13.4. The van der Waals surface area contributed by atoms with Gasteiger partial charge in [0.2, 0.25) is 5.91 Å². The molecule has 1 aliphatic carbocycles. The maximum Gasteiger partial charge on any atom is 0.251 e. The molecule has 1 N–H and O–H groups in total. The highest BCUT2D eigenvalue weighted by Crippen LogP contribution is 2.62. The third-order valence-corrected chi connectivity index (χ3v) is 8.79. The van der Waals surface area contributed by atoms with Gasteiger partial charge in [-0.1, -0.05) is 39.2 Å². The summed E-state index contributed by atoms with van der Waals surface area (Å²) in [6.07, 6.45) is 5.96. The number of likely N-dealkylation sites (N-methyl/N-ethyl adjacent to an activating group) is 1. The smallest absolute Gasteiger partial charge is 0.251 e. The minimum absolute atomic E-state index is 0.00888. The molecule has 2 amide bonds. The number of halogens is 1. The topological polar surface area (TPSA) is 61.9 Å². The predicted octanol–water partition coefficient (Wildman–Crippen LogP) is 5.55. The fourth-order valence-corrected chi connectivity index (χ4v) is 5.99. The van der Waals surface area contributed by atoms with Crippen molar-refractivity contribution in [1.82, 2.24) is 15.1 Å². The lowest BCUT2D eigenvalue weighted by molar-refractivity contribution is -0.135. The van der Waals surface area contributed by atoms with Gasteiger partial charge in [-0.15, -0.1) is 0 Å². The van der Waals surface area contributed by atoms with Crippen LogP contribution in [0.15, 0.2) is 42.5 Å². The second-order valence-electron chi connectivity index (χ2n) is 11.5. The van der Waals surface area contributed by atoms with Gasteiger partial charge in [0.25, 0.3) is 5.91 Å². The molecule has 1 aliphatic heterocycles. The lowest BCUT2D eigenvalue weighted by atomic mass is 9.92. The van der Waals surface area contributed by atoms with Gasteiger partial charge in [-0.25, -0.2) is 4.39 Å². The van der Waals surface area contributed by atoms with E-state index in [1.54, 1.807) is 7.11 Å². The molecule has 2 fully saturated rings. The molecule has 1 saturated carbocycles. The van der Waals surface area contributed by atoms with Crippen molar-refractivity contribution in [2.24, 2.45) is 5.41 Å². The summed E-state index contributed by atoms with van der Waals surface area (Å²) in [6, 6.07) is 11.3. The van der Waals surface area contributed by atoms with E-state index in [0.717, 1.165) is 51.1 Å². The number of nitrogens with one attached hydrogen (secondary N) is 1. The van der Waals surface area contributed by atoms with Crippen LogP contribution in [0.3, 0.4) is 0 Å². The zero-order valence-corrected chi connectivity index (χ0v) is 24.0. The average molecular weight is 538 g/mol. The van der Waals surface area contributed by atoms with E-state index >= 15 is 0 Å². The van der Waals surface area contributed by atoms with E-state index in [2.05, 4.69) is 49.2 Å². The number of benzene rings is 2. The van der Waals surface area contributed by atoms with E-state index in [4.69, 9.17) is 4.74 Å². The van der Waals surface area contributed by atoms with Gasteiger partial charge in [0.1, 0.15) is 17.6 Å². The summed E-state index contributed by atoms with van der Waals surface area (Å²) in [5, 5.41) is 2.96. The fraction of sp³-hybridized carbons (Fsp3) is 0.562. The summed E-state index contributed by atoms with van der Waals surface area (Å²) < 4.78 is 18.7. The number of ether oxygens (including phenoxy) is 1. The molecule has 3 atom stereocenters. The van der Waals surface area contributed by atoms with E-state index < -0.39 is 6.04 Å². The Balaban J connectivity index is 1.29. The van der Waals surface area contributed by atoms with E-state index in [-0.39, 0.29) is 17.6 Å². The molecule has 212 valence electrons. The molecular formula is C32H44FN3O3. The Kier molecular flexibility index (Phi) is 9.65. The van der Waals surface area contributed by atoms with Crippen molar-refractivity contribution in [2.75, 3.05) is 39.8 Å². The number of methoxy groups -OCH3 is 1. The summed E-state index contributed by atoms with van der Waals surface area (Å²) in [4.78, 5) is 30.6. The molecule has 0 aromatic heterocycles. The van der Waals surface area contributed by atoms with Crippen LogP contribution in [0.2, 0.25) is 0 Å². The van der Waals surface area contributed by atoms with E-state index in [0.29, 0.717) is 36.4 Å². The number of carbonyl (C=O) groups is 2. The highest BCUT2D eigenvalue weighted by molar-refractivity contribution is 5.97. The molecule has 2 aromatic carbocycles. The molecule has 6 nitrogen and oxygen atoms in total. The molecule has 2 aliphatic rings. The largest absolute Gasteiger partial charge is 0.497 e.